The predicted molar refractivity (Wildman–Crippen MR) is 125 cm³/mol. The molecule has 0 fully saturated rings. The van der Waals surface area contributed by atoms with Gasteiger partial charge in [0.15, 0.2) is 6.29 Å². The van der Waals surface area contributed by atoms with Crippen molar-refractivity contribution < 1.29 is 37.7 Å². The summed E-state index contributed by atoms with van der Waals surface area (Å²) >= 11 is 0. The number of hydrogen-bond donors (Lipinski definition) is 0. The van der Waals surface area contributed by atoms with Gasteiger partial charge < -0.3 is 28.1 Å². The first-order valence-corrected chi connectivity index (χ1v) is 11.5. The van der Waals surface area contributed by atoms with Crippen LogP contribution in [0.5, 0.6) is 0 Å². The molecule has 4 bridgehead atoms. The average Bonchev–Trinajstić information content (AvgIpc) is 3.35. The van der Waals surface area contributed by atoms with E-state index in [-0.39, 0.29) is 13.2 Å². The van der Waals surface area contributed by atoms with Crippen LogP contribution in [0.4, 0.5) is 0 Å². The van der Waals surface area contributed by atoms with Gasteiger partial charge >= 0.3 is 5.97 Å². The maximum Gasteiger partial charge on any atom is 0.339 e. The van der Waals surface area contributed by atoms with Crippen molar-refractivity contribution in [1.82, 2.24) is 0 Å². The predicted octanol–water partition coefficient (Wildman–Crippen LogP) is 4.76. The van der Waals surface area contributed by atoms with Crippen LogP contribution >= 0.6 is 0 Å². The zero-order chi connectivity index (χ0) is 24.9. The Kier molecular flexibility index (Phi) is 8.65. The third kappa shape index (κ3) is 5.41. The summed E-state index contributed by atoms with van der Waals surface area (Å²) < 4.78 is 35.4. The Hall–Kier alpha value is -2.52. The topological polar surface area (TPSA) is 93.4 Å². The first-order valence-electron chi connectivity index (χ1n) is 11.5. The van der Waals surface area contributed by atoms with Crippen LogP contribution in [0.25, 0.3) is 6.08 Å². The van der Waals surface area contributed by atoms with Crippen LogP contribution in [0.2, 0.25) is 0 Å². The number of aldehydes is 1. The van der Waals surface area contributed by atoms with Crippen molar-refractivity contribution in [3.8, 4) is 0 Å². The molecule has 3 heterocycles. The Morgan fingerprint density at radius 2 is 2.00 bits per heavy atom. The van der Waals surface area contributed by atoms with Gasteiger partial charge in [0.2, 0.25) is 5.79 Å². The third-order valence-corrected chi connectivity index (χ3v) is 5.96. The molecule has 1 unspecified atom stereocenters. The molecule has 0 aromatic carbocycles. The molecule has 3 atom stereocenters. The fourth-order valence-electron chi connectivity index (χ4n) is 4.55. The fourth-order valence-corrected chi connectivity index (χ4v) is 4.55. The van der Waals surface area contributed by atoms with E-state index in [9.17, 15) is 9.59 Å². The van der Waals surface area contributed by atoms with E-state index >= 15 is 0 Å². The molecule has 0 saturated carbocycles. The molecule has 0 N–H and O–H groups in total. The molecule has 186 valence electrons. The summed E-state index contributed by atoms with van der Waals surface area (Å²) in [6, 6.07) is 1.68. The minimum atomic E-state index is -1.39. The summed E-state index contributed by atoms with van der Waals surface area (Å²) in [7, 11) is 1.51. The molecule has 34 heavy (non-hydrogen) atoms. The second-order valence-electron chi connectivity index (χ2n) is 8.57. The van der Waals surface area contributed by atoms with E-state index in [0.29, 0.717) is 42.3 Å². The van der Waals surface area contributed by atoms with Crippen molar-refractivity contribution in [2.24, 2.45) is 5.92 Å². The van der Waals surface area contributed by atoms with Crippen LogP contribution in [0.1, 0.15) is 68.5 Å². The van der Waals surface area contributed by atoms with E-state index in [0.717, 1.165) is 17.4 Å². The van der Waals surface area contributed by atoms with Crippen LogP contribution in [-0.2, 0) is 28.5 Å². The molecular formula is C26H34O8. The van der Waals surface area contributed by atoms with E-state index in [1.165, 1.54) is 7.11 Å². The highest BCUT2D eigenvalue weighted by Gasteiger charge is 2.48. The van der Waals surface area contributed by atoms with Crippen molar-refractivity contribution in [2.75, 3.05) is 27.1 Å². The molecule has 2 aliphatic heterocycles. The number of carbonyl (C=O) groups is 2. The molecule has 2 aliphatic rings. The SMILES string of the molecule is C=C(C)[C@@H]1CC(OCC)(OCC)C2=CC(C/C(C)=C\c3cc(C=O)c(o3)[C@H]1OCOC)OC2=O. The Morgan fingerprint density at radius 3 is 2.59 bits per heavy atom. The summed E-state index contributed by atoms with van der Waals surface area (Å²) in [6.45, 7) is 12.2. The van der Waals surface area contributed by atoms with E-state index < -0.39 is 29.9 Å². The number of methoxy groups -OCH3 is 1. The molecule has 8 heteroatoms. The lowest BCUT2D eigenvalue weighted by molar-refractivity contribution is -0.224. The number of furan rings is 1. The highest BCUT2D eigenvalue weighted by molar-refractivity contribution is 5.93. The lowest BCUT2D eigenvalue weighted by Gasteiger charge is -2.38. The molecule has 0 amide bonds. The maximum atomic E-state index is 13.0. The average molecular weight is 475 g/mol. The number of rotatable bonds is 9. The molecule has 8 nitrogen and oxygen atoms in total. The van der Waals surface area contributed by atoms with Gasteiger partial charge in [-0.05, 0) is 45.9 Å². The quantitative estimate of drug-likeness (QED) is 0.219. The summed E-state index contributed by atoms with van der Waals surface area (Å²) in [6.07, 6.45) is 3.80. The lowest BCUT2D eigenvalue weighted by atomic mass is 9.83. The van der Waals surface area contributed by atoms with E-state index in [1.807, 2.05) is 33.8 Å². The normalized spacial score (nSPS) is 25.8. The Morgan fingerprint density at radius 1 is 1.29 bits per heavy atom. The van der Waals surface area contributed by atoms with Gasteiger partial charge in [0.1, 0.15) is 30.5 Å². The minimum absolute atomic E-state index is 0.0409. The first-order chi connectivity index (χ1) is 16.3. The second-order valence-corrected chi connectivity index (χ2v) is 8.57. The first kappa shape index (κ1) is 26.1. The molecule has 3 rings (SSSR count). The van der Waals surface area contributed by atoms with Gasteiger partial charge in [0.05, 0.1) is 11.1 Å². The third-order valence-electron chi connectivity index (χ3n) is 5.96. The second kappa shape index (κ2) is 11.3. The van der Waals surface area contributed by atoms with Crippen LogP contribution in [0.3, 0.4) is 0 Å². The minimum Gasteiger partial charge on any atom is -0.458 e. The van der Waals surface area contributed by atoms with Gasteiger partial charge in [-0.2, -0.15) is 0 Å². The molecule has 1 aromatic rings. The number of fused-ring (bicyclic) bond motifs is 3. The Labute approximate surface area is 200 Å². The number of ether oxygens (including phenoxy) is 5. The zero-order valence-corrected chi connectivity index (χ0v) is 20.6. The van der Waals surface area contributed by atoms with Gasteiger partial charge in [0, 0.05) is 39.1 Å². The van der Waals surface area contributed by atoms with Gasteiger partial charge in [-0.3, -0.25) is 4.79 Å². The van der Waals surface area contributed by atoms with Crippen LogP contribution in [-0.4, -0.2) is 51.3 Å². The molecule has 1 aromatic heterocycles. The molecule has 0 aliphatic carbocycles. The zero-order valence-electron chi connectivity index (χ0n) is 20.6. The van der Waals surface area contributed by atoms with E-state index in [2.05, 4.69) is 6.58 Å². The lowest BCUT2D eigenvalue weighted by Crippen LogP contribution is -2.43. The number of carbonyl (C=O) groups excluding carboxylic acids is 2. The molecule has 0 saturated heterocycles. The van der Waals surface area contributed by atoms with Gasteiger partial charge in [-0.25, -0.2) is 4.79 Å². The van der Waals surface area contributed by atoms with Crippen LogP contribution in [0.15, 0.2) is 39.9 Å². The van der Waals surface area contributed by atoms with Crippen molar-refractivity contribution in [2.45, 2.75) is 58.5 Å². The highest BCUT2D eigenvalue weighted by atomic mass is 16.7. The fraction of sp³-hybridized carbons (Fsp3) is 0.538. The summed E-state index contributed by atoms with van der Waals surface area (Å²) in [4.78, 5) is 25.0. The van der Waals surface area contributed by atoms with Gasteiger partial charge in [-0.15, -0.1) is 0 Å². The molecule has 0 spiro atoms. The summed E-state index contributed by atoms with van der Waals surface area (Å²) in [5, 5.41) is 0. The van der Waals surface area contributed by atoms with Crippen LogP contribution in [0, 0.1) is 5.92 Å². The van der Waals surface area contributed by atoms with Crippen molar-refractivity contribution in [3.63, 3.8) is 0 Å². The number of hydrogen-bond acceptors (Lipinski definition) is 8. The smallest absolute Gasteiger partial charge is 0.339 e. The van der Waals surface area contributed by atoms with Gasteiger partial charge in [0.25, 0.3) is 0 Å². The van der Waals surface area contributed by atoms with Crippen molar-refractivity contribution in [3.05, 3.63) is 52.5 Å². The van der Waals surface area contributed by atoms with Crippen molar-refractivity contribution >= 4 is 18.3 Å². The van der Waals surface area contributed by atoms with Crippen molar-refractivity contribution in [1.29, 1.82) is 0 Å². The Balaban J connectivity index is 2.25. The largest absolute Gasteiger partial charge is 0.458 e. The number of esters is 1. The molecular weight excluding hydrogens is 440 g/mol. The summed E-state index contributed by atoms with van der Waals surface area (Å²) in [5.41, 5.74) is 2.34. The van der Waals surface area contributed by atoms with E-state index in [4.69, 9.17) is 28.1 Å². The van der Waals surface area contributed by atoms with Crippen LogP contribution < -0.4 is 0 Å². The standard InChI is InChI=1S/C26H34O8/c1-7-31-26(32-8-2)13-21(16(3)4)24(30-15-29-6)23-18(14-27)11-19(33-23)9-17(5)10-20-12-22(26)25(28)34-20/h9,11-12,14,20-21,24H,3,7-8,10,13,15H2,1-2,4-6H3/b17-9-/t20?,21-,24-/m0/s1. The maximum absolute atomic E-state index is 13.0. The highest BCUT2D eigenvalue weighted by Crippen LogP contribution is 2.44. The monoisotopic (exact) mass is 474 g/mol. The van der Waals surface area contributed by atoms with Gasteiger partial charge in [-0.1, -0.05) is 17.7 Å². The summed E-state index contributed by atoms with van der Waals surface area (Å²) in [5.74, 6) is -1.45. The molecule has 0 radical (unpaired) electrons. The van der Waals surface area contributed by atoms with E-state index in [1.54, 1.807) is 12.1 Å². The Bertz CT molecular complexity index is 963.